The Balaban J connectivity index is 1.16. The summed E-state index contributed by atoms with van der Waals surface area (Å²) in [6.45, 7) is 0. The summed E-state index contributed by atoms with van der Waals surface area (Å²) in [6.07, 6.45) is 10.9. The van der Waals surface area contributed by atoms with Crippen LogP contribution in [0.1, 0.15) is 49.9 Å². The minimum atomic E-state index is -3.97. The van der Waals surface area contributed by atoms with Gasteiger partial charge in [-0.1, -0.05) is 97.8 Å². The van der Waals surface area contributed by atoms with E-state index in [4.69, 9.17) is 28.2 Å². The van der Waals surface area contributed by atoms with Crippen LogP contribution in [0.3, 0.4) is 0 Å². The first-order valence-corrected chi connectivity index (χ1v) is 20.1. The summed E-state index contributed by atoms with van der Waals surface area (Å²) in [7, 11) is -5.00. The number of imidazole rings is 1. The molecule has 7 rings (SSSR count). The minimum Gasteiger partial charge on any atom is -0.493 e. The molecular formula is C38H36Cl2N4O4S2. The topological polar surface area (TPSA) is 105 Å². The van der Waals surface area contributed by atoms with E-state index in [-0.39, 0.29) is 0 Å². The SMILES string of the molecule is O=S(CCC1CCCCC1)c1cccc(-c2ccc(Cc3nc(-c4ccc(Cl)cc4Cl)cn3-c3cccc(N4C=C(O)NS4(=O)=O)c3)cc2)c1. The summed E-state index contributed by atoms with van der Waals surface area (Å²) >= 11 is 12.8. The molecule has 1 saturated carbocycles. The maximum absolute atomic E-state index is 13.2. The standard InChI is InChI=1S/C38H36Cl2N4O4S2/c39-30-16-17-34(35(40)22-30)36-24-43(31-9-5-10-32(23-31)44-25-38(45)42-50(44,47)48)37(41-36)20-27-12-14-28(15-13-27)29-8-4-11-33(21-29)49(46)19-18-26-6-2-1-3-7-26/h4-5,8-17,21-26,42,45H,1-3,6-7,18-20H2. The number of hydrogen-bond donors (Lipinski definition) is 2. The normalized spacial score (nSPS) is 16.6. The largest absolute Gasteiger partial charge is 0.493 e. The smallest absolute Gasteiger partial charge is 0.330 e. The van der Waals surface area contributed by atoms with Gasteiger partial charge in [0.15, 0.2) is 0 Å². The predicted octanol–water partition coefficient (Wildman–Crippen LogP) is 9.19. The van der Waals surface area contributed by atoms with Gasteiger partial charge in [0, 0.05) is 39.5 Å². The molecule has 4 aromatic carbocycles. The van der Waals surface area contributed by atoms with Gasteiger partial charge < -0.3 is 9.67 Å². The summed E-state index contributed by atoms with van der Waals surface area (Å²) in [5.41, 5.74) is 5.40. The minimum absolute atomic E-state index is 0.339. The third-order valence-corrected chi connectivity index (χ3v) is 12.5. The number of aliphatic hydroxyl groups excluding tert-OH is 1. The van der Waals surface area contributed by atoms with Crippen LogP contribution in [0.25, 0.3) is 28.1 Å². The van der Waals surface area contributed by atoms with Crippen molar-refractivity contribution in [1.29, 1.82) is 0 Å². The number of hydrogen-bond acceptors (Lipinski definition) is 5. The molecule has 0 saturated heterocycles. The van der Waals surface area contributed by atoms with Crippen LogP contribution in [-0.2, 0) is 27.4 Å². The van der Waals surface area contributed by atoms with Crippen LogP contribution < -0.4 is 9.03 Å². The van der Waals surface area contributed by atoms with Gasteiger partial charge in [-0.25, -0.2) is 14.0 Å². The van der Waals surface area contributed by atoms with Crippen LogP contribution >= 0.6 is 23.2 Å². The van der Waals surface area contributed by atoms with Crippen molar-refractivity contribution in [3.63, 3.8) is 0 Å². The number of anilines is 1. The summed E-state index contributed by atoms with van der Waals surface area (Å²) < 4.78 is 43.4. The van der Waals surface area contributed by atoms with Crippen molar-refractivity contribution in [2.45, 2.75) is 49.8 Å². The number of rotatable bonds is 10. The molecule has 2 heterocycles. The van der Waals surface area contributed by atoms with Gasteiger partial charge in [-0.05, 0) is 77.6 Å². The quantitative estimate of drug-likeness (QED) is 0.148. The molecule has 1 atom stereocenters. The molecule has 1 aromatic heterocycles. The molecule has 2 aliphatic rings. The van der Waals surface area contributed by atoms with Gasteiger partial charge in [-0.3, -0.25) is 4.21 Å². The maximum atomic E-state index is 13.2. The van der Waals surface area contributed by atoms with E-state index >= 15 is 0 Å². The monoisotopic (exact) mass is 746 g/mol. The summed E-state index contributed by atoms with van der Waals surface area (Å²) in [6, 6.07) is 28.5. The Morgan fingerprint density at radius 1 is 0.880 bits per heavy atom. The van der Waals surface area contributed by atoms with Gasteiger partial charge >= 0.3 is 10.2 Å². The van der Waals surface area contributed by atoms with E-state index in [2.05, 4.69) is 29.0 Å². The first-order chi connectivity index (χ1) is 24.1. The second-order valence-corrected chi connectivity index (χ2v) is 16.7. The Morgan fingerprint density at radius 3 is 2.38 bits per heavy atom. The molecule has 1 fully saturated rings. The fourth-order valence-corrected chi connectivity index (χ4v) is 9.48. The fourth-order valence-electron chi connectivity index (χ4n) is 6.66. The van der Waals surface area contributed by atoms with Crippen LogP contribution in [0, 0.1) is 5.92 Å². The van der Waals surface area contributed by atoms with E-state index in [1.54, 1.807) is 30.3 Å². The number of aliphatic hydroxyl groups is 1. The third-order valence-electron chi connectivity index (χ3n) is 9.26. The van der Waals surface area contributed by atoms with Crippen molar-refractivity contribution in [2.24, 2.45) is 5.92 Å². The molecule has 5 aromatic rings. The van der Waals surface area contributed by atoms with Crippen LogP contribution in [0.2, 0.25) is 10.0 Å². The Morgan fingerprint density at radius 2 is 1.64 bits per heavy atom. The van der Waals surface area contributed by atoms with Crippen molar-refractivity contribution in [3.05, 3.63) is 131 Å². The third kappa shape index (κ3) is 7.63. The predicted molar refractivity (Wildman–Crippen MR) is 201 cm³/mol. The highest BCUT2D eigenvalue weighted by Crippen LogP contribution is 2.33. The highest BCUT2D eigenvalue weighted by Gasteiger charge is 2.29. The van der Waals surface area contributed by atoms with Gasteiger partial charge in [0.1, 0.15) is 5.82 Å². The molecule has 0 radical (unpaired) electrons. The van der Waals surface area contributed by atoms with E-state index in [1.165, 1.54) is 32.1 Å². The Labute approximate surface area is 305 Å². The number of nitrogens with one attached hydrogen (secondary N) is 1. The molecule has 2 N–H and O–H groups in total. The zero-order valence-corrected chi connectivity index (χ0v) is 30.3. The molecule has 8 nitrogen and oxygen atoms in total. The van der Waals surface area contributed by atoms with Crippen molar-refractivity contribution < 1.29 is 17.7 Å². The van der Waals surface area contributed by atoms with Crippen LogP contribution in [0.15, 0.2) is 114 Å². The molecule has 1 unspecified atom stereocenters. The highest BCUT2D eigenvalue weighted by molar-refractivity contribution is 7.91. The number of nitrogens with zero attached hydrogens (tertiary/aromatic N) is 3. The number of benzene rings is 4. The van der Waals surface area contributed by atoms with Crippen molar-refractivity contribution in [2.75, 3.05) is 10.1 Å². The molecule has 1 aliphatic carbocycles. The van der Waals surface area contributed by atoms with Gasteiger partial charge in [0.2, 0.25) is 5.88 Å². The first-order valence-electron chi connectivity index (χ1n) is 16.6. The lowest BCUT2D eigenvalue weighted by Crippen LogP contribution is -2.29. The average molecular weight is 748 g/mol. The summed E-state index contributed by atoms with van der Waals surface area (Å²) in [4.78, 5) is 5.84. The van der Waals surface area contributed by atoms with Crippen molar-refractivity contribution in [1.82, 2.24) is 14.3 Å². The van der Waals surface area contributed by atoms with E-state index in [0.29, 0.717) is 56.6 Å². The Kier molecular flexibility index (Phi) is 10.1. The lowest BCUT2D eigenvalue weighted by Gasteiger charge is -2.21. The zero-order chi connectivity index (χ0) is 34.8. The highest BCUT2D eigenvalue weighted by atomic mass is 35.5. The van der Waals surface area contributed by atoms with Crippen LogP contribution in [-0.4, -0.2) is 33.0 Å². The molecule has 12 heteroatoms. The van der Waals surface area contributed by atoms with Gasteiger partial charge in [-0.15, -0.1) is 0 Å². The van der Waals surface area contributed by atoms with Crippen LogP contribution in [0.5, 0.6) is 0 Å². The van der Waals surface area contributed by atoms with E-state index in [0.717, 1.165) is 38.5 Å². The van der Waals surface area contributed by atoms with Crippen molar-refractivity contribution >= 4 is 49.9 Å². The lowest BCUT2D eigenvalue weighted by molar-refractivity contribution is 0.351. The average Bonchev–Trinajstić information content (AvgIpc) is 3.66. The first kappa shape index (κ1) is 34.4. The summed E-state index contributed by atoms with van der Waals surface area (Å²) in [5, 5.41) is 10.8. The second kappa shape index (κ2) is 14.6. The Hall–Kier alpha value is -4.09. The molecule has 0 amide bonds. The molecule has 50 heavy (non-hydrogen) atoms. The molecule has 1 aliphatic heterocycles. The summed E-state index contributed by atoms with van der Waals surface area (Å²) in [5.74, 6) is 1.64. The zero-order valence-electron chi connectivity index (χ0n) is 27.1. The second-order valence-electron chi connectivity index (χ2n) is 12.7. The molecule has 258 valence electrons. The van der Waals surface area contributed by atoms with E-state index in [1.807, 2.05) is 47.2 Å². The van der Waals surface area contributed by atoms with Gasteiger partial charge in [0.05, 0.1) is 33.4 Å². The molecular weight excluding hydrogens is 711 g/mol. The van der Waals surface area contributed by atoms with E-state index in [9.17, 15) is 17.7 Å². The molecule has 0 spiro atoms. The van der Waals surface area contributed by atoms with Gasteiger partial charge in [0.25, 0.3) is 0 Å². The fraction of sp³-hybridized carbons (Fsp3) is 0.237. The Bertz CT molecular complexity index is 2200. The van der Waals surface area contributed by atoms with Crippen LogP contribution in [0.4, 0.5) is 5.69 Å². The maximum Gasteiger partial charge on any atom is 0.330 e. The van der Waals surface area contributed by atoms with Crippen molar-refractivity contribution in [3.8, 4) is 28.1 Å². The number of aromatic nitrogens is 2. The lowest BCUT2D eigenvalue weighted by atomic mass is 9.88. The number of halogens is 2. The van der Waals surface area contributed by atoms with E-state index < -0.39 is 26.9 Å². The molecule has 0 bridgehead atoms. The van der Waals surface area contributed by atoms with Gasteiger partial charge in [-0.2, -0.15) is 8.42 Å².